The van der Waals surface area contributed by atoms with Gasteiger partial charge in [-0.15, -0.1) is 11.3 Å². The number of piperidine rings is 1. The zero-order valence-electron chi connectivity index (χ0n) is 18.6. The van der Waals surface area contributed by atoms with Gasteiger partial charge in [0.1, 0.15) is 5.69 Å². The van der Waals surface area contributed by atoms with Gasteiger partial charge in [0, 0.05) is 51.5 Å². The number of hydrogen-bond donors (Lipinski definition) is 0. The molecule has 6 nitrogen and oxygen atoms in total. The maximum atomic E-state index is 13.4. The zero-order valence-corrected chi connectivity index (χ0v) is 19.4. The minimum absolute atomic E-state index is 0.0571. The number of thiophene rings is 1. The van der Waals surface area contributed by atoms with E-state index in [2.05, 4.69) is 52.1 Å². The summed E-state index contributed by atoms with van der Waals surface area (Å²) in [4.78, 5) is 32.9. The second kappa shape index (κ2) is 8.98. The monoisotopic (exact) mass is 450 g/mol. The van der Waals surface area contributed by atoms with E-state index < -0.39 is 0 Å². The van der Waals surface area contributed by atoms with E-state index in [0.29, 0.717) is 6.54 Å². The van der Waals surface area contributed by atoms with Crippen LogP contribution in [0, 0.1) is 5.92 Å². The summed E-state index contributed by atoms with van der Waals surface area (Å²) >= 11 is 1.67. The second-order valence-electron chi connectivity index (χ2n) is 8.68. The van der Waals surface area contributed by atoms with Crippen molar-refractivity contribution >= 4 is 39.1 Å². The number of benzene rings is 1. The Hall–Kier alpha value is -2.80. The van der Waals surface area contributed by atoms with E-state index in [1.165, 1.54) is 5.69 Å². The molecule has 2 aromatic heterocycles. The van der Waals surface area contributed by atoms with Gasteiger partial charge in [-0.05, 0) is 49.4 Å². The summed E-state index contributed by atoms with van der Waals surface area (Å²) in [7, 11) is 0. The molecule has 2 fully saturated rings. The number of carbonyl (C=O) groups excluding carboxylic acids is 2. The molecule has 1 atom stereocenters. The van der Waals surface area contributed by atoms with Gasteiger partial charge >= 0.3 is 0 Å². The molecule has 0 radical (unpaired) electrons. The predicted molar refractivity (Wildman–Crippen MR) is 129 cm³/mol. The van der Waals surface area contributed by atoms with Crippen LogP contribution in [-0.4, -0.2) is 65.4 Å². The van der Waals surface area contributed by atoms with Crippen LogP contribution in [0.25, 0.3) is 10.2 Å². The minimum atomic E-state index is -0.0952. The van der Waals surface area contributed by atoms with Crippen molar-refractivity contribution in [3.8, 4) is 0 Å². The molecule has 2 aliphatic rings. The Morgan fingerprint density at radius 2 is 1.78 bits per heavy atom. The highest BCUT2D eigenvalue weighted by Gasteiger charge is 2.33. The fraction of sp³-hybridized carbons (Fsp3) is 0.440. The van der Waals surface area contributed by atoms with Crippen LogP contribution in [0.1, 0.15) is 30.3 Å². The highest BCUT2D eigenvalue weighted by Crippen LogP contribution is 2.28. The molecule has 1 aromatic carbocycles. The quantitative estimate of drug-likeness (QED) is 0.605. The molecule has 4 heterocycles. The number of fused-ring (bicyclic) bond motifs is 1. The number of aromatic nitrogens is 1. The average Bonchev–Trinajstić information content (AvgIpc) is 3.45. The molecule has 168 valence electrons. The Morgan fingerprint density at radius 1 is 1.00 bits per heavy atom. The van der Waals surface area contributed by atoms with Gasteiger partial charge < -0.3 is 19.3 Å². The number of carbonyl (C=O) groups is 2. The van der Waals surface area contributed by atoms with E-state index in [9.17, 15) is 9.59 Å². The van der Waals surface area contributed by atoms with E-state index >= 15 is 0 Å². The standard InChI is InChI=1S/C25H30N4O2S/c1-2-29-21-10-16-32-23(21)17-22(29)25(31)28-11-6-7-19(18-28)24(30)27-14-12-26(13-15-27)20-8-4-3-5-9-20/h3-5,8-10,16-17,19H,2,6-7,11-15,18H2,1H3/t19-/m1/s1. The molecule has 32 heavy (non-hydrogen) atoms. The molecule has 0 bridgehead atoms. The summed E-state index contributed by atoms with van der Waals surface area (Å²) < 4.78 is 3.25. The number of likely N-dealkylation sites (tertiary alicyclic amines) is 1. The highest BCUT2D eigenvalue weighted by molar-refractivity contribution is 7.17. The second-order valence-corrected chi connectivity index (χ2v) is 9.63. The van der Waals surface area contributed by atoms with Crippen molar-refractivity contribution in [1.29, 1.82) is 0 Å². The average molecular weight is 451 g/mol. The van der Waals surface area contributed by atoms with Crippen molar-refractivity contribution < 1.29 is 9.59 Å². The van der Waals surface area contributed by atoms with Crippen molar-refractivity contribution in [3.63, 3.8) is 0 Å². The molecule has 0 saturated carbocycles. The first-order valence-corrected chi connectivity index (χ1v) is 12.5. The summed E-state index contributed by atoms with van der Waals surface area (Å²) in [5.41, 5.74) is 3.09. The maximum absolute atomic E-state index is 13.4. The van der Waals surface area contributed by atoms with Gasteiger partial charge in [-0.1, -0.05) is 18.2 Å². The summed E-state index contributed by atoms with van der Waals surface area (Å²) in [5.74, 6) is 0.172. The van der Waals surface area contributed by atoms with Gasteiger partial charge in [0.15, 0.2) is 0 Å². The lowest BCUT2D eigenvalue weighted by Gasteiger charge is -2.39. The van der Waals surface area contributed by atoms with E-state index in [1.807, 2.05) is 21.9 Å². The first-order chi connectivity index (χ1) is 15.7. The lowest BCUT2D eigenvalue weighted by molar-refractivity contribution is -0.137. The van der Waals surface area contributed by atoms with Gasteiger partial charge in [0.25, 0.3) is 5.91 Å². The minimum Gasteiger partial charge on any atom is -0.368 e. The molecule has 2 saturated heterocycles. The van der Waals surface area contributed by atoms with E-state index in [1.54, 1.807) is 11.3 Å². The third-order valence-electron chi connectivity index (χ3n) is 6.83. The van der Waals surface area contributed by atoms with Crippen LogP contribution in [0.2, 0.25) is 0 Å². The molecular formula is C25H30N4O2S. The van der Waals surface area contributed by atoms with E-state index in [4.69, 9.17) is 0 Å². The summed E-state index contributed by atoms with van der Waals surface area (Å²) in [5, 5.41) is 2.07. The first-order valence-electron chi connectivity index (χ1n) is 11.6. The van der Waals surface area contributed by atoms with Crippen LogP contribution in [0.5, 0.6) is 0 Å². The number of rotatable bonds is 4. The molecule has 0 aliphatic carbocycles. The SMILES string of the molecule is CCn1c(C(=O)N2CCC[C@@H](C(=O)N3CCN(c4ccccc4)CC3)C2)cc2sccc21. The molecule has 0 unspecified atom stereocenters. The molecule has 0 spiro atoms. The van der Waals surface area contributed by atoms with Crippen LogP contribution in [0.3, 0.4) is 0 Å². The van der Waals surface area contributed by atoms with Crippen LogP contribution in [-0.2, 0) is 11.3 Å². The Balaban J connectivity index is 1.23. The van der Waals surface area contributed by atoms with E-state index in [0.717, 1.165) is 68.0 Å². The van der Waals surface area contributed by atoms with E-state index in [-0.39, 0.29) is 17.7 Å². The number of aryl methyl sites for hydroxylation is 1. The highest BCUT2D eigenvalue weighted by atomic mass is 32.1. The molecule has 5 rings (SSSR count). The summed E-state index contributed by atoms with van der Waals surface area (Å²) in [6.07, 6.45) is 1.75. The van der Waals surface area contributed by atoms with Crippen LogP contribution in [0.4, 0.5) is 5.69 Å². The topological polar surface area (TPSA) is 48.8 Å². The normalized spacial score (nSPS) is 19.5. The van der Waals surface area contributed by atoms with Gasteiger partial charge in [0.05, 0.1) is 16.1 Å². The fourth-order valence-corrected chi connectivity index (χ4v) is 5.92. The van der Waals surface area contributed by atoms with Crippen molar-refractivity contribution in [3.05, 3.63) is 53.5 Å². The van der Waals surface area contributed by atoms with Gasteiger partial charge in [-0.3, -0.25) is 9.59 Å². The number of piperazine rings is 1. The summed E-state index contributed by atoms with van der Waals surface area (Å²) in [6, 6.07) is 14.5. The molecule has 3 aromatic rings. The Kier molecular flexibility index (Phi) is 5.91. The van der Waals surface area contributed by atoms with Gasteiger partial charge in [-0.2, -0.15) is 0 Å². The molecule has 7 heteroatoms. The maximum Gasteiger partial charge on any atom is 0.270 e. The van der Waals surface area contributed by atoms with Crippen LogP contribution < -0.4 is 4.90 Å². The van der Waals surface area contributed by atoms with Gasteiger partial charge in [0.2, 0.25) is 5.91 Å². The van der Waals surface area contributed by atoms with Gasteiger partial charge in [-0.25, -0.2) is 0 Å². The Morgan fingerprint density at radius 3 is 2.53 bits per heavy atom. The smallest absolute Gasteiger partial charge is 0.270 e. The fourth-order valence-electron chi connectivity index (χ4n) is 5.10. The lowest BCUT2D eigenvalue weighted by Crippen LogP contribution is -2.53. The predicted octanol–water partition coefficient (Wildman–Crippen LogP) is 3.92. The first kappa shape index (κ1) is 21.1. The Labute approximate surface area is 193 Å². The third kappa shape index (κ3) is 3.90. The number of amides is 2. The number of para-hydroxylation sites is 1. The summed E-state index contributed by atoms with van der Waals surface area (Å²) in [6.45, 7) is 7.29. The van der Waals surface area contributed by atoms with Crippen molar-refractivity contribution in [1.82, 2.24) is 14.4 Å². The van der Waals surface area contributed by atoms with Crippen molar-refractivity contribution in [2.45, 2.75) is 26.3 Å². The molecular weight excluding hydrogens is 420 g/mol. The zero-order chi connectivity index (χ0) is 22.1. The van der Waals surface area contributed by atoms with Crippen LogP contribution in [0.15, 0.2) is 47.8 Å². The van der Waals surface area contributed by atoms with Crippen LogP contribution >= 0.6 is 11.3 Å². The van der Waals surface area contributed by atoms with Crippen molar-refractivity contribution in [2.24, 2.45) is 5.92 Å². The molecule has 2 aliphatic heterocycles. The number of nitrogens with zero attached hydrogens (tertiary/aromatic N) is 4. The Bertz CT molecular complexity index is 1100. The molecule has 0 N–H and O–H groups in total. The number of hydrogen-bond acceptors (Lipinski definition) is 4. The van der Waals surface area contributed by atoms with Crippen molar-refractivity contribution in [2.75, 3.05) is 44.2 Å². The largest absolute Gasteiger partial charge is 0.368 e. The lowest BCUT2D eigenvalue weighted by atomic mass is 9.96. The third-order valence-corrected chi connectivity index (χ3v) is 7.68. The molecule has 2 amide bonds. The number of anilines is 1.